The number of rotatable bonds is 0. The smallest absolute Gasteiger partial charge is 0.106 e. The quantitative estimate of drug-likeness (QED) is 0.661. The van der Waals surface area contributed by atoms with Gasteiger partial charge in [0.25, 0.3) is 0 Å². The summed E-state index contributed by atoms with van der Waals surface area (Å²) in [5.41, 5.74) is 6.48. The van der Waals surface area contributed by atoms with Crippen molar-refractivity contribution in [3.63, 3.8) is 0 Å². The molecule has 1 aromatic carbocycles. The van der Waals surface area contributed by atoms with Crippen molar-refractivity contribution in [2.75, 3.05) is 0 Å². The monoisotopic (exact) mass is 360 g/mol. The van der Waals surface area contributed by atoms with E-state index in [0.29, 0.717) is 11.1 Å². The van der Waals surface area contributed by atoms with Crippen LogP contribution in [0.2, 0.25) is 0 Å². The summed E-state index contributed by atoms with van der Waals surface area (Å²) < 4.78 is 0.762. The minimum atomic E-state index is -0.154. The second-order valence-corrected chi connectivity index (χ2v) is 6.32. The normalized spacial score (nSPS) is 17.1. The lowest BCUT2D eigenvalue weighted by Gasteiger charge is -2.25. The van der Waals surface area contributed by atoms with Crippen LogP contribution in [0.15, 0.2) is 39.9 Å². The van der Waals surface area contributed by atoms with E-state index in [0.717, 1.165) is 38.3 Å². The van der Waals surface area contributed by atoms with Gasteiger partial charge in [0.05, 0.1) is 16.8 Å². The highest BCUT2D eigenvalue weighted by Crippen LogP contribution is 2.49. The molecule has 0 N–H and O–H groups in total. The average molecular weight is 361 g/mol. The Kier molecular flexibility index (Phi) is 2.94. The van der Waals surface area contributed by atoms with Gasteiger partial charge in [-0.05, 0) is 64.3 Å². The molecule has 5 heteroatoms. The molecular weight excluding hydrogens is 352 g/mol. The largest absolute Gasteiger partial charge is 0.277 e. The molecule has 0 saturated carbocycles. The Morgan fingerprint density at radius 2 is 1.83 bits per heavy atom. The molecule has 0 radical (unpaired) electrons. The van der Waals surface area contributed by atoms with E-state index in [9.17, 15) is 10.5 Å². The predicted molar refractivity (Wildman–Crippen MR) is 90.6 cm³/mol. The van der Waals surface area contributed by atoms with E-state index >= 15 is 0 Å². The Hall–Kier alpha value is -2.76. The topological polar surface area (TPSA) is 72.8 Å². The highest BCUT2D eigenvalue weighted by molar-refractivity contribution is 9.10. The van der Waals surface area contributed by atoms with Gasteiger partial charge in [0, 0.05) is 16.8 Å². The van der Waals surface area contributed by atoms with E-state index in [1.165, 1.54) is 0 Å². The molecule has 2 aliphatic rings. The Morgan fingerprint density at radius 1 is 1.09 bits per heavy atom. The number of allylic oxidation sites excluding steroid dienone is 1. The summed E-state index contributed by atoms with van der Waals surface area (Å²) in [6.07, 6.45) is 2.04. The van der Waals surface area contributed by atoms with Crippen molar-refractivity contribution < 1.29 is 0 Å². The minimum absolute atomic E-state index is 0.154. The van der Waals surface area contributed by atoms with Gasteiger partial charge in [0.2, 0.25) is 0 Å². The predicted octanol–water partition coefficient (Wildman–Crippen LogP) is 4.17. The van der Waals surface area contributed by atoms with Crippen molar-refractivity contribution in [1.82, 2.24) is 4.98 Å². The molecule has 23 heavy (non-hydrogen) atoms. The fraction of sp³-hybridized carbons (Fsp3) is 0.111. The molecule has 0 fully saturated rings. The molecule has 0 bridgehead atoms. The number of hydrogen-bond acceptors (Lipinski definition) is 4. The Bertz CT molecular complexity index is 1020. The van der Waals surface area contributed by atoms with Gasteiger partial charge < -0.3 is 0 Å². The van der Waals surface area contributed by atoms with E-state index in [-0.39, 0.29) is 6.04 Å². The molecule has 2 heterocycles. The van der Waals surface area contributed by atoms with Crippen LogP contribution < -0.4 is 0 Å². The minimum Gasteiger partial charge on any atom is -0.277 e. The lowest BCUT2D eigenvalue weighted by atomic mass is 9.81. The molecule has 1 aliphatic carbocycles. The fourth-order valence-electron chi connectivity index (χ4n) is 3.18. The van der Waals surface area contributed by atoms with Crippen LogP contribution >= 0.6 is 15.9 Å². The number of benzene rings is 1. The van der Waals surface area contributed by atoms with E-state index < -0.39 is 0 Å². The number of nitrogens with zero attached hydrogens (tertiary/aromatic N) is 4. The standard InChI is InChI=1S/C18H9BrN4/c1-9-4-15-17-12(2-3-16(19)23-17)13-5-10(7-20)11(8-21)6-14(13)18(15)22-9/h2-6,18H,1H3. The van der Waals surface area contributed by atoms with Gasteiger partial charge in [-0.25, -0.2) is 4.98 Å². The molecule has 0 amide bonds. The average Bonchev–Trinajstić information content (AvgIpc) is 2.95. The maximum atomic E-state index is 9.31. The second-order valence-electron chi connectivity index (χ2n) is 5.51. The first-order valence-corrected chi connectivity index (χ1v) is 7.83. The van der Waals surface area contributed by atoms with E-state index in [1.54, 1.807) is 12.1 Å². The van der Waals surface area contributed by atoms with Crippen LogP contribution in [0.3, 0.4) is 0 Å². The SMILES string of the molecule is CC1=NC2C(=C1)c1nc(Br)ccc1-c1cc(C#N)c(C#N)cc12. The van der Waals surface area contributed by atoms with Crippen molar-refractivity contribution in [1.29, 1.82) is 10.5 Å². The highest BCUT2D eigenvalue weighted by Gasteiger charge is 2.33. The van der Waals surface area contributed by atoms with E-state index in [1.807, 2.05) is 25.1 Å². The summed E-state index contributed by atoms with van der Waals surface area (Å²) in [6.45, 7) is 1.96. The van der Waals surface area contributed by atoms with Gasteiger partial charge in [-0.1, -0.05) is 0 Å². The van der Waals surface area contributed by atoms with Gasteiger partial charge in [0.15, 0.2) is 0 Å². The summed E-state index contributed by atoms with van der Waals surface area (Å²) in [7, 11) is 0. The van der Waals surface area contributed by atoms with Crippen LogP contribution in [0.25, 0.3) is 16.7 Å². The number of fused-ring (bicyclic) bond motifs is 6. The van der Waals surface area contributed by atoms with Crippen molar-refractivity contribution in [2.45, 2.75) is 13.0 Å². The molecule has 1 atom stereocenters. The Morgan fingerprint density at radius 3 is 2.57 bits per heavy atom. The summed E-state index contributed by atoms with van der Waals surface area (Å²) in [6, 6.07) is 11.5. The highest BCUT2D eigenvalue weighted by atomic mass is 79.9. The van der Waals surface area contributed by atoms with Gasteiger partial charge in [-0.2, -0.15) is 10.5 Å². The molecule has 2 aromatic rings. The first-order valence-electron chi connectivity index (χ1n) is 7.04. The maximum absolute atomic E-state index is 9.31. The van der Waals surface area contributed by atoms with Gasteiger partial charge in [-0.15, -0.1) is 0 Å². The number of aromatic nitrogens is 1. The van der Waals surface area contributed by atoms with Crippen LogP contribution in [-0.4, -0.2) is 10.7 Å². The molecule has 0 saturated heterocycles. The van der Waals surface area contributed by atoms with Crippen LogP contribution in [0.4, 0.5) is 0 Å². The Labute approximate surface area is 141 Å². The fourth-order valence-corrected chi connectivity index (χ4v) is 3.49. The van der Waals surface area contributed by atoms with Crippen LogP contribution in [-0.2, 0) is 0 Å². The van der Waals surface area contributed by atoms with Crippen molar-refractivity contribution in [3.8, 4) is 23.3 Å². The number of hydrogen-bond donors (Lipinski definition) is 0. The molecular formula is C18H9BrN4. The summed E-state index contributed by atoms with van der Waals surface area (Å²) in [5.74, 6) is 0. The van der Waals surface area contributed by atoms with Crippen molar-refractivity contribution in [3.05, 3.63) is 57.3 Å². The van der Waals surface area contributed by atoms with Gasteiger partial charge in [0.1, 0.15) is 22.8 Å². The zero-order valence-corrected chi connectivity index (χ0v) is 13.7. The first kappa shape index (κ1) is 13.9. The number of nitriles is 2. The number of pyridine rings is 1. The van der Waals surface area contributed by atoms with Crippen molar-refractivity contribution in [2.24, 2.45) is 4.99 Å². The molecule has 108 valence electrons. The number of aliphatic imine (C=N–C) groups is 1. The van der Waals surface area contributed by atoms with Crippen LogP contribution in [0.1, 0.15) is 35.3 Å². The van der Waals surface area contributed by atoms with Gasteiger partial charge in [-0.3, -0.25) is 4.99 Å². The molecule has 1 aliphatic heterocycles. The lowest BCUT2D eigenvalue weighted by molar-refractivity contribution is 0.927. The van der Waals surface area contributed by atoms with Crippen LogP contribution in [0, 0.1) is 22.7 Å². The Balaban J connectivity index is 2.11. The maximum Gasteiger partial charge on any atom is 0.106 e. The summed E-state index contributed by atoms with van der Waals surface area (Å²) >= 11 is 3.42. The molecule has 4 nitrogen and oxygen atoms in total. The third-order valence-corrected chi connectivity index (χ3v) is 4.58. The second kappa shape index (κ2) is 4.87. The first-order chi connectivity index (χ1) is 11.1. The number of halogens is 1. The van der Waals surface area contributed by atoms with Crippen molar-refractivity contribution >= 4 is 27.2 Å². The van der Waals surface area contributed by atoms with E-state index in [4.69, 9.17) is 0 Å². The lowest BCUT2D eigenvalue weighted by Crippen LogP contribution is -2.10. The van der Waals surface area contributed by atoms with Crippen LogP contribution in [0.5, 0.6) is 0 Å². The van der Waals surface area contributed by atoms with E-state index in [2.05, 4.69) is 38.0 Å². The third-order valence-electron chi connectivity index (χ3n) is 4.14. The van der Waals surface area contributed by atoms with Gasteiger partial charge >= 0.3 is 0 Å². The summed E-state index contributed by atoms with van der Waals surface area (Å²) in [5, 5.41) is 18.6. The summed E-state index contributed by atoms with van der Waals surface area (Å²) in [4.78, 5) is 9.30. The third kappa shape index (κ3) is 1.94. The molecule has 0 spiro atoms. The zero-order valence-electron chi connectivity index (χ0n) is 12.1. The zero-order chi connectivity index (χ0) is 16.1. The molecule has 1 unspecified atom stereocenters. The molecule has 1 aromatic heterocycles. The molecule has 4 rings (SSSR count).